The number of aliphatic hydroxyl groups excluding tert-OH is 1. The van der Waals surface area contributed by atoms with Crippen molar-refractivity contribution in [1.29, 1.82) is 0 Å². The summed E-state index contributed by atoms with van der Waals surface area (Å²) in [5, 5.41) is 16.0. The maximum Gasteiger partial charge on any atom is 0.322 e. The molecule has 0 fully saturated rings. The van der Waals surface area contributed by atoms with Crippen LogP contribution < -0.4 is 0 Å². The van der Waals surface area contributed by atoms with E-state index < -0.39 is 11.3 Å². The topological polar surface area (TPSA) is 57.5 Å². The fraction of sp³-hybridized carbons (Fsp3) is 0.929. The maximum atomic E-state index is 10.2. The van der Waals surface area contributed by atoms with E-state index >= 15 is 0 Å². The highest BCUT2D eigenvalue weighted by Crippen LogP contribution is 2.24. The lowest BCUT2D eigenvalue weighted by atomic mass is 9.92. The Bertz CT molecular complexity index is 230. The van der Waals surface area contributed by atoms with Gasteiger partial charge in [-0.1, -0.05) is 56.4 Å². The predicted molar refractivity (Wildman–Crippen MR) is 86.4 cm³/mol. The van der Waals surface area contributed by atoms with Gasteiger partial charge in [0.15, 0.2) is 0 Å². The van der Waals surface area contributed by atoms with Gasteiger partial charge < -0.3 is 10.2 Å². The summed E-state index contributed by atoms with van der Waals surface area (Å²) >= 11 is 11.2. The lowest BCUT2D eigenvalue weighted by Crippen LogP contribution is -2.28. The van der Waals surface area contributed by atoms with Gasteiger partial charge >= 0.3 is 5.97 Å². The summed E-state index contributed by atoms with van der Waals surface area (Å²) in [7, 11) is 0. The van der Waals surface area contributed by atoms with Gasteiger partial charge in [0, 0.05) is 0 Å². The van der Waals surface area contributed by atoms with Crippen molar-refractivity contribution in [2.75, 3.05) is 6.61 Å². The first-order valence-electron chi connectivity index (χ1n) is 5.45. The molecule has 0 unspecified atom stereocenters. The molecule has 2 atom stereocenters. The molecule has 0 heterocycles. The molecule has 0 aliphatic carbocycles. The van der Waals surface area contributed by atoms with Crippen molar-refractivity contribution < 1.29 is 15.0 Å². The molecular formula is C14H32Cl2O3. The van der Waals surface area contributed by atoms with Crippen LogP contribution in [0.25, 0.3) is 0 Å². The van der Waals surface area contributed by atoms with Crippen LogP contribution in [0.15, 0.2) is 0 Å². The van der Waals surface area contributed by atoms with Gasteiger partial charge in [-0.3, -0.25) is 4.79 Å². The van der Waals surface area contributed by atoms with Crippen LogP contribution in [0.4, 0.5) is 0 Å². The van der Waals surface area contributed by atoms with Crippen molar-refractivity contribution >= 4 is 29.2 Å². The second kappa shape index (κ2) is 10.8. The third-order valence-corrected chi connectivity index (χ3v) is 3.71. The Hall–Kier alpha value is 0.01000. The van der Waals surface area contributed by atoms with E-state index in [2.05, 4.69) is 0 Å². The average Bonchev–Trinajstić information content (AvgIpc) is 2.13. The molecule has 0 aliphatic rings. The second-order valence-corrected chi connectivity index (χ2v) is 7.05. The van der Waals surface area contributed by atoms with E-state index in [0.29, 0.717) is 0 Å². The zero-order valence-corrected chi connectivity index (χ0v) is 12.9. The molecule has 2 N–H and O–H groups in total. The molecule has 0 amide bonds. The Morgan fingerprint density at radius 1 is 1.00 bits per heavy atom. The van der Waals surface area contributed by atoms with Gasteiger partial charge in [0.25, 0.3) is 0 Å². The minimum Gasteiger partial charge on any atom is -0.480 e. The Labute approximate surface area is 129 Å². The van der Waals surface area contributed by atoms with Crippen molar-refractivity contribution in [3.63, 3.8) is 0 Å². The van der Waals surface area contributed by atoms with E-state index in [4.69, 9.17) is 33.4 Å². The summed E-state index contributed by atoms with van der Waals surface area (Å²) in [4.78, 5) is 10.2. The number of aliphatic hydroxyl groups is 1. The quantitative estimate of drug-likeness (QED) is 0.730. The molecule has 5 heteroatoms. The summed E-state index contributed by atoms with van der Waals surface area (Å²) in [5.74, 6) is -0.954. The molecule has 3 nitrogen and oxygen atoms in total. The van der Waals surface area contributed by atoms with Gasteiger partial charge in [-0.25, -0.2) is 0 Å². The molecule has 0 aromatic rings. The summed E-state index contributed by atoms with van der Waals surface area (Å²) in [6.45, 7) is 11.4. The van der Waals surface area contributed by atoms with E-state index in [-0.39, 0.29) is 37.7 Å². The summed E-state index contributed by atoms with van der Waals surface area (Å²) in [6.07, 6.45) is 0. The molecule has 19 heavy (non-hydrogen) atoms. The molecule has 0 spiro atoms. The zero-order valence-electron chi connectivity index (χ0n) is 11.4. The number of carboxylic acids is 1. The SMILES string of the molecule is C.C.CC(C)(C)[C@H](Cl)C(=O)O.CC(C)(C)[C@H](Cl)CO. The molecule has 0 radical (unpaired) electrons. The Balaban J connectivity index is -0.000000108. The van der Waals surface area contributed by atoms with Crippen LogP contribution in [0.2, 0.25) is 0 Å². The van der Waals surface area contributed by atoms with Gasteiger partial charge in [-0.2, -0.15) is 0 Å². The highest BCUT2D eigenvalue weighted by Gasteiger charge is 2.28. The fourth-order valence-corrected chi connectivity index (χ4v) is 0.644. The smallest absolute Gasteiger partial charge is 0.322 e. The van der Waals surface area contributed by atoms with E-state index in [1.54, 1.807) is 20.8 Å². The molecule has 0 rings (SSSR count). The van der Waals surface area contributed by atoms with Crippen LogP contribution in [0, 0.1) is 10.8 Å². The first kappa shape index (κ1) is 27.4. The van der Waals surface area contributed by atoms with Crippen LogP contribution in [-0.2, 0) is 4.79 Å². The Morgan fingerprint density at radius 2 is 1.32 bits per heavy atom. The largest absolute Gasteiger partial charge is 0.480 e. The van der Waals surface area contributed by atoms with E-state index in [1.165, 1.54) is 0 Å². The third kappa shape index (κ3) is 14.2. The molecule has 0 aromatic carbocycles. The normalized spacial score (nSPS) is 13.9. The van der Waals surface area contributed by atoms with Gasteiger partial charge in [0.05, 0.1) is 12.0 Å². The van der Waals surface area contributed by atoms with E-state index in [9.17, 15) is 4.79 Å². The van der Waals surface area contributed by atoms with Crippen LogP contribution >= 0.6 is 23.2 Å². The summed E-state index contributed by atoms with van der Waals surface area (Å²) in [6, 6.07) is 0. The maximum absolute atomic E-state index is 10.2. The number of aliphatic carboxylic acids is 1. The molecule has 0 bridgehead atoms. The molecular weight excluding hydrogens is 287 g/mol. The van der Waals surface area contributed by atoms with Crippen molar-refractivity contribution in [2.24, 2.45) is 10.8 Å². The number of hydrogen-bond acceptors (Lipinski definition) is 2. The van der Waals surface area contributed by atoms with Crippen LogP contribution in [0.1, 0.15) is 56.4 Å². The lowest BCUT2D eigenvalue weighted by molar-refractivity contribution is -0.138. The van der Waals surface area contributed by atoms with E-state index in [1.807, 2.05) is 20.8 Å². The predicted octanol–water partition coefficient (Wildman–Crippen LogP) is 4.63. The average molecular weight is 319 g/mol. The van der Waals surface area contributed by atoms with Gasteiger partial charge in [-0.15, -0.1) is 23.2 Å². The van der Waals surface area contributed by atoms with Crippen molar-refractivity contribution in [3.8, 4) is 0 Å². The summed E-state index contributed by atoms with van der Waals surface area (Å²) in [5.41, 5.74) is -0.330. The highest BCUT2D eigenvalue weighted by atomic mass is 35.5. The molecule has 0 aromatic heterocycles. The zero-order chi connectivity index (χ0) is 14.4. The van der Waals surface area contributed by atoms with Crippen LogP contribution in [-0.4, -0.2) is 33.5 Å². The minimum absolute atomic E-state index is 0. The van der Waals surface area contributed by atoms with Crippen LogP contribution in [0.3, 0.4) is 0 Å². The fourth-order valence-electron chi connectivity index (χ4n) is 0.644. The Morgan fingerprint density at radius 3 is 1.32 bits per heavy atom. The van der Waals surface area contributed by atoms with Crippen molar-refractivity contribution in [1.82, 2.24) is 0 Å². The first-order valence-corrected chi connectivity index (χ1v) is 6.33. The number of carbonyl (C=O) groups is 1. The summed E-state index contributed by atoms with van der Waals surface area (Å²) < 4.78 is 0. The monoisotopic (exact) mass is 318 g/mol. The third-order valence-electron chi connectivity index (χ3n) is 2.08. The minimum atomic E-state index is -0.954. The van der Waals surface area contributed by atoms with Gasteiger partial charge in [0.2, 0.25) is 0 Å². The number of rotatable bonds is 2. The number of hydrogen-bond donors (Lipinski definition) is 2. The Kier molecular flexibility index (Phi) is 15.5. The lowest BCUT2D eigenvalue weighted by Gasteiger charge is -2.22. The number of carboxylic acid groups (broad SMARTS) is 1. The highest BCUT2D eigenvalue weighted by molar-refractivity contribution is 6.30. The molecule has 0 saturated heterocycles. The standard InChI is InChI=1S/C6H11ClO2.C6H13ClO.2CH4/c1-6(2,3)4(7)5(8)9;1-6(2,3)5(7)4-8;;/h4H,1-3H3,(H,8,9);5,8H,4H2,1-3H3;2*1H4/t4-;5-;;/m11../s1. The van der Waals surface area contributed by atoms with Crippen molar-refractivity contribution in [2.45, 2.75) is 67.1 Å². The second-order valence-electron chi connectivity index (χ2n) is 6.08. The van der Waals surface area contributed by atoms with Crippen molar-refractivity contribution in [3.05, 3.63) is 0 Å². The van der Waals surface area contributed by atoms with Crippen LogP contribution in [0.5, 0.6) is 0 Å². The van der Waals surface area contributed by atoms with Gasteiger partial charge in [0.1, 0.15) is 5.38 Å². The molecule has 0 aliphatic heterocycles. The van der Waals surface area contributed by atoms with E-state index in [0.717, 1.165) is 0 Å². The molecule has 0 saturated carbocycles. The number of halogens is 2. The first-order chi connectivity index (χ1) is 7.34. The molecule has 120 valence electrons. The van der Waals surface area contributed by atoms with Gasteiger partial charge in [-0.05, 0) is 10.8 Å². The number of alkyl halides is 2.